The number of nitrogens with zero attached hydrogens (tertiary/aromatic N) is 1. The zero-order chi connectivity index (χ0) is 16.0. The van der Waals surface area contributed by atoms with Crippen LogP contribution in [0.5, 0.6) is 0 Å². The van der Waals surface area contributed by atoms with E-state index in [2.05, 4.69) is 12.2 Å². The number of hydrogen-bond acceptors (Lipinski definition) is 2. The number of benzene rings is 1. The van der Waals surface area contributed by atoms with Gasteiger partial charge in [0.1, 0.15) is 11.7 Å². The first-order valence-electron chi connectivity index (χ1n) is 7.91. The van der Waals surface area contributed by atoms with Gasteiger partial charge in [0.2, 0.25) is 0 Å². The highest BCUT2D eigenvalue weighted by molar-refractivity contribution is 5.59. The van der Waals surface area contributed by atoms with Crippen LogP contribution >= 0.6 is 0 Å². The Morgan fingerprint density at radius 3 is 2.59 bits per heavy atom. The predicted octanol–water partition coefficient (Wildman–Crippen LogP) is 3.14. The molecule has 1 aromatic carbocycles. The number of nitrogens with two attached hydrogens (primary N) is 1. The molecule has 2 aliphatic heterocycles. The van der Waals surface area contributed by atoms with Gasteiger partial charge >= 0.3 is 6.18 Å². The van der Waals surface area contributed by atoms with Gasteiger partial charge in [-0.15, -0.1) is 0 Å². The number of halogens is 3. The molecular weight excluding hydrogens is 291 g/mol. The lowest BCUT2D eigenvalue weighted by molar-refractivity contribution is -0.136. The van der Waals surface area contributed by atoms with E-state index in [0.29, 0.717) is 16.6 Å². The Hall–Kier alpha value is -1.27. The maximum Gasteiger partial charge on any atom is 0.418 e. The van der Waals surface area contributed by atoms with Crippen LogP contribution in [0.4, 0.5) is 24.5 Å². The molecule has 2 saturated heterocycles. The van der Waals surface area contributed by atoms with Crippen LogP contribution in [0.25, 0.3) is 0 Å². The molecule has 6 heteroatoms. The predicted molar refractivity (Wildman–Crippen MR) is 82.5 cm³/mol. The summed E-state index contributed by atoms with van der Waals surface area (Å²) in [4.78, 5) is 0. The minimum atomic E-state index is -4.40. The van der Waals surface area contributed by atoms with E-state index in [-0.39, 0.29) is 5.69 Å². The van der Waals surface area contributed by atoms with Crippen LogP contribution in [0.3, 0.4) is 0 Å². The van der Waals surface area contributed by atoms with Gasteiger partial charge in [0, 0.05) is 50.2 Å². The Morgan fingerprint density at radius 1 is 1.27 bits per heavy atom. The molecule has 3 unspecified atom stereocenters. The maximum absolute atomic E-state index is 13.2. The normalized spacial score (nSPS) is 32.5. The second-order valence-electron chi connectivity index (χ2n) is 6.56. The first-order valence-corrected chi connectivity index (χ1v) is 7.91. The van der Waals surface area contributed by atoms with Crippen molar-refractivity contribution in [2.75, 3.05) is 25.4 Å². The van der Waals surface area contributed by atoms with Crippen LogP contribution in [0.1, 0.15) is 31.7 Å². The fraction of sp³-hybridized carbons (Fsp3) is 0.625. The molecule has 1 aromatic rings. The number of rotatable bonds is 2. The van der Waals surface area contributed by atoms with Crippen molar-refractivity contribution in [3.63, 3.8) is 0 Å². The van der Waals surface area contributed by atoms with E-state index in [1.807, 2.05) is 0 Å². The number of hydrogen-bond donors (Lipinski definition) is 2. The third kappa shape index (κ3) is 2.38. The minimum absolute atomic E-state index is 0.189. The molecule has 3 atom stereocenters. The highest BCUT2D eigenvalue weighted by Gasteiger charge is 2.49. The number of quaternary nitrogens is 1. The molecule has 2 fully saturated rings. The summed E-state index contributed by atoms with van der Waals surface area (Å²) in [5, 5.41) is 3.36. The molecule has 22 heavy (non-hydrogen) atoms. The fourth-order valence-corrected chi connectivity index (χ4v) is 4.32. The third-order valence-corrected chi connectivity index (χ3v) is 5.45. The van der Waals surface area contributed by atoms with Crippen molar-refractivity contribution >= 4 is 11.4 Å². The molecule has 0 bridgehead atoms. The molecule has 0 aromatic heterocycles. The molecule has 0 radical (unpaired) electrons. The zero-order valence-electron chi connectivity index (χ0n) is 12.8. The van der Waals surface area contributed by atoms with E-state index in [4.69, 9.17) is 5.73 Å². The van der Waals surface area contributed by atoms with Crippen LogP contribution in [-0.2, 0) is 6.18 Å². The van der Waals surface area contributed by atoms with Crippen molar-refractivity contribution in [3.8, 4) is 0 Å². The molecule has 0 saturated carbocycles. The lowest BCUT2D eigenvalue weighted by Gasteiger charge is -2.43. The highest BCUT2D eigenvalue weighted by Crippen LogP contribution is 2.43. The van der Waals surface area contributed by atoms with E-state index in [1.165, 1.54) is 12.1 Å². The minimum Gasteiger partial charge on any atom is -0.398 e. The molecule has 122 valence electrons. The number of nitrogen functional groups attached to an aromatic ring is 1. The second-order valence-corrected chi connectivity index (χ2v) is 6.56. The summed E-state index contributed by atoms with van der Waals surface area (Å²) in [5.74, 6) is 0. The molecule has 3 rings (SSSR count). The summed E-state index contributed by atoms with van der Waals surface area (Å²) >= 11 is 0. The Kier molecular flexibility index (Phi) is 3.85. The van der Waals surface area contributed by atoms with E-state index in [1.54, 1.807) is 6.07 Å². The number of alkyl halides is 3. The van der Waals surface area contributed by atoms with Gasteiger partial charge < -0.3 is 11.1 Å². The van der Waals surface area contributed by atoms with Gasteiger partial charge in [-0.1, -0.05) is 0 Å². The molecule has 0 amide bonds. The summed E-state index contributed by atoms with van der Waals surface area (Å²) in [6.07, 6.45) is -1.28. The first kappa shape index (κ1) is 15.6. The largest absolute Gasteiger partial charge is 0.418 e. The molecule has 2 aliphatic rings. The molecule has 2 heterocycles. The van der Waals surface area contributed by atoms with Gasteiger partial charge in [0.25, 0.3) is 0 Å². The standard InChI is InChI=1S/C16H23F3N3/c1-11-3-2-8-22(11,13-6-7-21-10-13)12-4-5-15(20)14(9-12)16(17,18)19/h4-5,9,11,13,21H,2-3,6-8,10,20H2,1H3/q+1. The van der Waals surface area contributed by atoms with Crippen molar-refractivity contribution in [2.45, 2.75) is 44.4 Å². The second kappa shape index (κ2) is 5.42. The van der Waals surface area contributed by atoms with Crippen molar-refractivity contribution in [1.82, 2.24) is 9.80 Å². The highest BCUT2D eigenvalue weighted by atomic mass is 19.4. The summed E-state index contributed by atoms with van der Waals surface area (Å²) in [6.45, 7) is 4.89. The van der Waals surface area contributed by atoms with Crippen molar-refractivity contribution in [3.05, 3.63) is 23.8 Å². The average molecular weight is 314 g/mol. The van der Waals surface area contributed by atoms with Crippen LogP contribution in [0.15, 0.2) is 18.2 Å². The van der Waals surface area contributed by atoms with Crippen molar-refractivity contribution in [2.24, 2.45) is 0 Å². The van der Waals surface area contributed by atoms with Gasteiger partial charge in [0.15, 0.2) is 0 Å². The SMILES string of the molecule is CC1CCC[N+]1(c1ccc(N)c(C(F)(F)F)c1)C1CCNC1. The van der Waals surface area contributed by atoms with Gasteiger partial charge in [-0.2, -0.15) is 13.2 Å². The van der Waals surface area contributed by atoms with E-state index < -0.39 is 11.7 Å². The quantitative estimate of drug-likeness (QED) is 0.650. The first-order chi connectivity index (χ1) is 10.4. The lowest BCUT2D eigenvalue weighted by Crippen LogP contribution is -2.59. The Bertz CT molecular complexity index is 552. The van der Waals surface area contributed by atoms with E-state index in [9.17, 15) is 13.2 Å². The summed E-state index contributed by atoms with van der Waals surface area (Å²) < 4.78 is 40.3. The van der Waals surface area contributed by atoms with Crippen LogP contribution < -0.4 is 15.5 Å². The van der Waals surface area contributed by atoms with E-state index >= 15 is 0 Å². The van der Waals surface area contributed by atoms with E-state index in [0.717, 1.165) is 44.6 Å². The average Bonchev–Trinajstić information content (AvgIpc) is 3.08. The zero-order valence-corrected chi connectivity index (χ0v) is 12.8. The van der Waals surface area contributed by atoms with Gasteiger partial charge in [-0.3, -0.25) is 4.48 Å². The molecule has 0 aliphatic carbocycles. The number of nitrogens with one attached hydrogen (secondary N) is 1. The Balaban J connectivity index is 2.09. The summed E-state index contributed by atoms with van der Waals surface area (Å²) in [7, 11) is 0. The fourth-order valence-electron chi connectivity index (χ4n) is 4.32. The Morgan fingerprint density at radius 2 is 2.05 bits per heavy atom. The van der Waals surface area contributed by atoms with Crippen molar-refractivity contribution in [1.29, 1.82) is 0 Å². The smallest absolute Gasteiger partial charge is 0.398 e. The lowest BCUT2D eigenvalue weighted by atomic mass is 10.0. The Labute approximate surface area is 128 Å². The van der Waals surface area contributed by atoms with Crippen LogP contribution in [-0.4, -0.2) is 31.7 Å². The van der Waals surface area contributed by atoms with Gasteiger partial charge in [-0.05, 0) is 13.0 Å². The van der Waals surface area contributed by atoms with Crippen LogP contribution in [0.2, 0.25) is 0 Å². The third-order valence-electron chi connectivity index (χ3n) is 5.45. The molecular formula is C16H23F3N3+. The summed E-state index contributed by atoms with van der Waals surface area (Å²) in [5.41, 5.74) is 5.44. The maximum atomic E-state index is 13.2. The molecule has 0 spiro atoms. The van der Waals surface area contributed by atoms with Gasteiger partial charge in [-0.25, -0.2) is 0 Å². The summed E-state index contributed by atoms with van der Waals surface area (Å²) in [6, 6.07) is 5.20. The number of anilines is 1. The van der Waals surface area contributed by atoms with Crippen molar-refractivity contribution < 1.29 is 13.2 Å². The monoisotopic (exact) mass is 314 g/mol. The topological polar surface area (TPSA) is 38.0 Å². The van der Waals surface area contributed by atoms with Gasteiger partial charge in [0.05, 0.1) is 18.2 Å². The molecule has 3 nitrogen and oxygen atoms in total. The van der Waals surface area contributed by atoms with Crippen LogP contribution in [0, 0.1) is 0 Å². The molecule has 3 N–H and O–H groups in total. The number of likely N-dealkylation sites (tertiary alicyclic amines) is 1.